The van der Waals surface area contributed by atoms with Gasteiger partial charge in [-0.3, -0.25) is 4.98 Å². The minimum absolute atomic E-state index is 0.212. The number of anilines is 1. The Morgan fingerprint density at radius 2 is 1.87 bits per heavy atom. The number of esters is 2. The lowest BCUT2D eigenvalue weighted by atomic mass is 10.1. The van der Waals surface area contributed by atoms with E-state index < -0.39 is 17.7 Å². The lowest BCUT2D eigenvalue weighted by Gasteiger charge is -2.29. The van der Waals surface area contributed by atoms with Crippen LogP contribution in [0.4, 0.5) is 5.69 Å². The van der Waals surface area contributed by atoms with Gasteiger partial charge in [0.2, 0.25) is 0 Å². The summed E-state index contributed by atoms with van der Waals surface area (Å²) in [5.41, 5.74) is 1.05. The number of cyclic esters (lactones) is 2. The highest BCUT2D eigenvalue weighted by atomic mass is 35.5. The van der Waals surface area contributed by atoms with Crippen molar-refractivity contribution >= 4 is 40.1 Å². The summed E-state index contributed by atoms with van der Waals surface area (Å²) in [7, 11) is 0. The molecular formula is C16H13ClN2O4. The molecule has 6 nitrogen and oxygen atoms in total. The number of aromatic nitrogens is 1. The lowest BCUT2D eigenvalue weighted by Crippen LogP contribution is -2.42. The number of carbonyl (C=O) groups excluding carboxylic acids is 2. The van der Waals surface area contributed by atoms with Crippen molar-refractivity contribution < 1.29 is 19.1 Å². The third-order valence-electron chi connectivity index (χ3n) is 3.21. The van der Waals surface area contributed by atoms with Crippen molar-refractivity contribution in [3.8, 4) is 0 Å². The Kier molecular flexibility index (Phi) is 3.69. The van der Waals surface area contributed by atoms with Crippen LogP contribution in [0.5, 0.6) is 0 Å². The molecule has 0 radical (unpaired) electrons. The van der Waals surface area contributed by atoms with Gasteiger partial charge in [0, 0.05) is 37.3 Å². The summed E-state index contributed by atoms with van der Waals surface area (Å²) in [6.07, 6.45) is 2.89. The molecular weight excluding hydrogens is 320 g/mol. The van der Waals surface area contributed by atoms with E-state index in [1.807, 2.05) is 6.07 Å². The van der Waals surface area contributed by atoms with Crippen LogP contribution >= 0.6 is 11.6 Å². The molecule has 0 amide bonds. The molecule has 1 aliphatic rings. The standard InChI is InChI=1S/C16H13ClN2O4/c1-16(2)22-14(20)10(15(21)23-16)8-19-12-6-5-11(17)13-9(12)4-3-7-18-13/h3-8,19H,1-2H3. The second-order valence-electron chi connectivity index (χ2n) is 5.38. The maximum atomic E-state index is 11.9. The summed E-state index contributed by atoms with van der Waals surface area (Å²) in [4.78, 5) is 28.0. The van der Waals surface area contributed by atoms with E-state index in [4.69, 9.17) is 21.1 Å². The van der Waals surface area contributed by atoms with Crippen molar-refractivity contribution in [3.05, 3.63) is 47.3 Å². The summed E-state index contributed by atoms with van der Waals surface area (Å²) in [6.45, 7) is 2.98. The molecule has 3 rings (SSSR count). The van der Waals surface area contributed by atoms with Crippen molar-refractivity contribution in [2.24, 2.45) is 0 Å². The van der Waals surface area contributed by atoms with Crippen molar-refractivity contribution in [2.75, 3.05) is 5.32 Å². The summed E-state index contributed by atoms with van der Waals surface area (Å²) < 4.78 is 10.1. The summed E-state index contributed by atoms with van der Waals surface area (Å²) in [6, 6.07) is 7.00. The van der Waals surface area contributed by atoms with Gasteiger partial charge in [-0.2, -0.15) is 0 Å². The average molecular weight is 333 g/mol. The van der Waals surface area contributed by atoms with Crippen LogP contribution in [0.25, 0.3) is 10.9 Å². The molecule has 1 N–H and O–H groups in total. The molecule has 0 atom stereocenters. The molecule has 0 aliphatic carbocycles. The summed E-state index contributed by atoms with van der Waals surface area (Å²) in [5, 5.41) is 4.18. The minimum Gasteiger partial charge on any atom is -0.419 e. The molecule has 1 aromatic carbocycles. The molecule has 1 saturated heterocycles. The molecule has 23 heavy (non-hydrogen) atoms. The first kappa shape index (κ1) is 15.3. The van der Waals surface area contributed by atoms with E-state index in [-0.39, 0.29) is 5.57 Å². The zero-order valence-corrected chi connectivity index (χ0v) is 13.2. The van der Waals surface area contributed by atoms with E-state index in [1.54, 1.807) is 24.4 Å². The summed E-state index contributed by atoms with van der Waals surface area (Å²) >= 11 is 6.10. The number of carbonyl (C=O) groups is 2. The highest BCUT2D eigenvalue weighted by Gasteiger charge is 2.38. The topological polar surface area (TPSA) is 77.5 Å². The smallest absolute Gasteiger partial charge is 0.350 e. The first-order chi connectivity index (χ1) is 10.9. The van der Waals surface area contributed by atoms with Gasteiger partial charge in [0.1, 0.15) is 0 Å². The van der Waals surface area contributed by atoms with E-state index in [1.165, 1.54) is 20.0 Å². The lowest BCUT2D eigenvalue weighted by molar-refractivity contribution is -0.222. The fraction of sp³-hybridized carbons (Fsp3) is 0.188. The van der Waals surface area contributed by atoms with E-state index >= 15 is 0 Å². The number of pyridine rings is 1. The number of nitrogens with zero attached hydrogens (tertiary/aromatic N) is 1. The van der Waals surface area contributed by atoms with Crippen LogP contribution < -0.4 is 5.32 Å². The molecule has 2 heterocycles. The molecule has 7 heteroatoms. The Morgan fingerprint density at radius 1 is 1.17 bits per heavy atom. The Hall–Kier alpha value is -2.60. The molecule has 1 fully saturated rings. The van der Waals surface area contributed by atoms with Crippen LogP contribution in [-0.4, -0.2) is 22.7 Å². The first-order valence-electron chi connectivity index (χ1n) is 6.84. The van der Waals surface area contributed by atoms with Crippen LogP contribution in [0, 0.1) is 0 Å². The highest BCUT2D eigenvalue weighted by Crippen LogP contribution is 2.29. The van der Waals surface area contributed by atoms with Gasteiger partial charge in [-0.05, 0) is 24.3 Å². The van der Waals surface area contributed by atoms with Crippen LogP contribution in [0.1, 0.15) is 13.8 Å². The second kappa shape index (κ2) is 5.55. The van der Waals surface area contributed by atoms with E-state index in [2.05, 4.69) is 10.3 Å². The number of ether oxygens (including phenoxy) is 2. The third-order valence-corrected chi connectivity index (χ3v) is 3.51. The maximum absolute atomic E-state index is 11.9. The van der Waals surface area contributed by atoms with Gasteiger partial charge in [0.05, 0.1) is 10.5 Å². The number of hydrogen-bond acceptors (Lipinski definition) is 6. The number of hydrogen-bond donors (Lipinski definition) is 1. The molecule has 0 unspecified atom stereocenters. The normalized spacial score (nSPS) is 16.7. The summed E-state index contributed by atoms with van der Waals surface area (Å²) in [5.74, 6) is -2.74. The molecule has 1 aromatic heterocycles. The zero-order chi connectivity index (χ0) is 16.6. The Bertz CT molecular complexity index is 823. The van der Waals surface area contributed by atoms with Crippen molar-refractivity contribution in [3.63, 3.8) is 0 Å². The van der Waals surface area contributed by atoms with Crippen molar-refractivity contribution in [2.45, 2.75) is 19.6 Å². The molecule has 0 bridgehead atoms. The molecule has 0 spiro atoms. The van der Waals surface area contributed by atoms with Crippen LogP contribution in [0.15, 0.2) is 42.2 Å². The van der Waals surface area contributed by atoms with Gasteiger partial charge >= 0.3 is 11.9 Å². The van der Waals surface area contributed by atoms with Crippen LogP contribution in [0.2, 0.25) is 5.02 Å². The van der Waals surface area contributed by atoms with Crippen LogP contribution in [-0.2, 0) is 19.1 Å². The fourth-order valence-corrected chi connectivity index (χ4v) is 2.41. The number of nitrogens with one attached hydrogen (secondary N) is 1. The van der Waals surface area contributed by atoms with Gasteiger partial charge in [0.25, 0.3) is 5.79 Å². The SMILES string of the molecule is CC1(C)OC(=O)C(=CNc2ccc(Cl)c3ncccc23)C(=O)O1. The van der Waals surface area contributed by atoms with E-state index in [9.17, 15) is 9.59 Å². The highest BCUT2D eigenvalue weighted by molar-refractivity contribution is 6.35. The predicted octanol–water partition coefficient (Wildman–Crippen LogP) is 3.02. The van der Waals surface area contributed by atoms with Gasteiger partial charge in [0.15, 0.2) is 5.57 Å². The molecule has 118 valence electrons. The maximum Gasteiger partial charge on any atom is 0.350 e. The van der Waals surface area contributed by atoms with Crippen molar-refractivity contribution in [1.29, 1.82) is 0 Å². The molecule has 1 aliphatic heterocycles. The third kappa shape index (κ3) is 2.98. The molecule has 0 saturated carbocycles. The monoisotopic (exact) mass is 332 g/mol. The van der Waals surface area contributed by atoms with Gasteiger partial charge in [-0.1, -0.05) is 11.6 Å². The second-order valence-corrected chi connectivity index (χ2v) is 5.78. The number of benzene rings is 1. The Labute approximate surface area is 137 Å². The molecule has 2 aromatic rings. The quantitative estimate of drug-likeness (QED) is 0.517. The number of halogens is 1. The van der Waals surface area contributed by atoms with Gasteiger partial charge in [-0.15, -0.1) is 0 Å². The number of fused-ring (bicyclic) bond motifs is 1. The van der Waals surface area contributed by atoms with E-state index in [0.29, 0.717) is 16.2 Å². The zero-order valence-electron chi connectivity index (χ0n) is 12.4. The van der Waals surface area contributed by atoms with Crippen molar-refractivity contribution in [1.82, 2.24) is 4.98 Å². The Morgan fingerprint density at radius 3 is 2.57 bits per heavy atom. The van der Waals surface area contributed by atoms with Crippen LogP contribution in [0.3, 0.4) is 0 Å². The average Bonchev–Trinajstić information content (AvgIpc) is 2.47. The minimum atomic E-state index is -1.26. The largest absolute Gasteiger partial charge is 0.419 e. The fourth-order valence-electron chi connectivity index (χ4n) is 2.19. The van der Waals surface area contributed by atoms with E-state index in [0.717, 1.165) is 5.39 Å². The number of rotatable bonds is 2. The van der Waals surface area contributed by atoms with Gasteiger partial charge < -0.3 is 14.8 Å². The Balaban J connectivity index is 1.93. The predicted molar refractivity (Wildman–Crippen MR) is 84.7 cm³/mol. The first-order valence-corrected chi connectivity index (χ1v) is 7.22. The van der Waals surface area contributed by atoms with Gasteiger partial charge in [-0.25, -0.2) is 9.59 Å².